The second-order valence-electron chi connectivity index (χ2n) is 4.60. The van der Waals surface area contributed by atoms with Crippen molar-refractivity contribution < 1.29 is 13.6 Å². The van der Waals surface area contributed by atoms with Gasteiger partial charge in [-0.25, -0.2) is 8.78 Å². The van der Waals surface area contributed by atoms with E-state index in [2.05, 4.69) is 10.3 Å². The van der Waals surface area contributed by atoms with Crippen LogP contribution in [0.2, 0.25) is 0 Å². The lowest BCUT2D eigenvalue weighted by atomic mass is 10.1. The molecule has 1 atom stereocenters. The Bertz CT molecular complexity index is 661. The highest BCUT2D eigenvalue weighted by atomic mass is 19.1. The van der Waals surface area contributed by atoms with Crippen molar-refractivity contribution in [3.63, 3.8) is 0 Å². The zero-order chi connectivity index (χ0) is 15.4. The van der Waals surface area contributed by atoms with Gasteiger partial charge in [-0.3, -0.25) is 9.78 Å². The second-order valence-corrected chi connectivity index (χ2v) is 4.60. The molecule has 0 aliphatic carbocycles. The van der Waals surface area contributed by atoms with Crippen LogP contribution in [-0.2, 0) is 6.54 Å². The van der Waals surface area contributed by atoms with E-state index in [4.69, 9.17) is 5.73 Å². The number of carbonyl (C=O) groups is 1. The summed E-state index contributed by atoms with van der Waals surface area (Å²) in [5.41, 5.74) is 6.66. The molecule has 1 aromatic carbocycles. The Morgan fingerprint density at radius 3 is 2.76 bits per heavy atom. The van der Waals surface area contributed by atoms with Crippen molar-refractivity contribution in [1.82, 2.24) is 10.3 Å². The molecule has 3 N–H and O–H groups in total. The molecule has 0 radical (unpaired) electrons. The molecular formula is C15H15F2N3O. The van der Waals surface area contributed by atoms with Gasteiger partial charge in [0.25, 0.3) is 5.91 Å². The Hall–Kier alpha value is -2.34. The maximum Gasteiger partial charge on any atom is 0.251 e. The summed E-state index contributed by atoms with van der Waals surface area (Å²) in [7, 11) is 0. The van der Waals surface area contributed by atoms with Crippen molar-refractivity contribution in [3.8, 4) is 0 Å². The molecule has 0 aliphatic rings. The largest absolute Gasteiger partial charge is 0.345 e. The van der Waals surface area contributed by atoms with Gasteiger partial charge < -0.3 is 11.1 Å². The maximum absolute atomic E-state index is 13.7. The predicted molar refractivity (Wildman–Crippen MR) is 74.4 cm³/mol. The summed E-state index contributed by atoms with van der Waals surface area (Å²) in [5, 5.41) is 2.65. The minimum atomic E-state index is -0.694. The van der Waals surface area contributed by atoms with E-state index < -0.39 is 17.7 Å². The number of hydrogen-bond donors (Lipinski definition) is 2. The first kappa shape index (κ1) is 15.1. The molecular weight excluding hydrogens is 276 g/mol. The lowest BCUT2D eigenvalue weighted by Gasteiger charge is -2.15. The summed E-state index contributed by atoms with van der Waals surface area (Å²) in [6.45, 7) is 1.85. The number of aromatic nitrogens is 1. The van der Waals surface area contributed by atoms with E-state index in [0.717, 1.165) is 12.1 Å². The molecule has 0 aliphatic heterocycles. The zero-order valence-corrected chi connectivity index (χ0v) is 11.4. The first-order chi connectivity index (χ1) is 10.0. The molecule has 0 saturated heterocycles. The van der Waals surface area contributed by atoms with Gasteiger partial charge in [0.2, 0.25) is 0 Å². The number of benzene rings is 1. The van der Waals surface area contributed by atoms with Gasteiger partial charge in [0, 0.05) is 29.9 Å². The van der Waals surface area contributed by atoms with E-state index in [-0.39, 0.29) is 18.0 Å². The second kappa shape index (κ2) is 6.41. The van der Waals surface area contributed by atoms with Crippen LogP contribution in [0.4, 0.5) is 8.78 Å². The summed E-state index contributed by atoms with van der Waals surface area (Å²) in [4.78, 5) is 16.1. The molecule has 0 spiro atoms. The van der Waals surface area contributed by atoms with E-state index in [0.29, 0.717) is 11.3 Å². The monoisotopic (exact) mass is 291 g/mol. The number of pyridine rings is 1. The van der Waals surface area contributed by atoms with Crippen molar-refractivity contribution in [3.05, 3.63) is 65.0 Å². The highest BCUT2D eigenvalue weighted by Gasteiger charge is 2.15. The standard InChI is InChI=1S/C15H15F2N3O/c1-9(13-3-2-11(16)7-14(13)17)20-15(21)10-4-5-19-12(6-10)8-18/h2-7,9H,8,18H2,1H3,(H,20,21). The Morgan fingerprint density at radius 2 is 2.10 bits per heavy atom. The van der Waals surface area contributed by atoms with Gasteiger partial charge in [0.05, 0.1) is 11.7 Å². The van der Waals surface area contributed by atoms with Gasteiger partial charge in [0.15, 0.2) is 0 Å². The van der Waals surface area contributed by atoms with Crippen LogP contribution in [0.1, 0.15) is 34.6 Å². The van der Waals surface area contributed by atoms with E-state index in [1.54, 1.807) is 19.1 Å². The number of halogens is 2. The van der Waals surface area contributed by atoms with Crippen LogP contribution in [0.25, 0.3) is 0 Å². The molecule has 1 heterocycles. The summed E-state index contributed by atoms with van der Waals surface area (Å²) in [6.07, 6.45) is 1.49. The Kier molecular flexibility index (Phi) is 4.59. The first-order valence-corrected chi connectivity index (χ1v) is 6.42. The smallest absolute Gasteiger partial charge is 0.251 e. The molecule has 0 bridgehead atoms. The number of nitrogens with zero attached hydrogens (tertiary/aromatic N) is 1. The van der Waals surface area contributed by atoms with Crippen LogP contribution in [0, 0.1) is 11.6 Å². The quantitative estimate of drug-likeness (QED) is 0.908. The first-order valence-electron chi connectivity index (χ1n) is 6.42. The third kappa shape index (κ3) is 3.61. The van der Waals surface area contributed by atoms with Crippen LogP contribution in [-0.4, -0.2) is 10.9 Å². The zero-order valence-electron chi connectivity index (χ0n) is 11.4. The van der Waals surface area contributed by atoms with Gasteiger partial charge in [-0.2, -0.15) is 0 Å². The van der Waals surface area contributed by atoms with Crippen molar-refractivity contribution >= 4 is 5.91 Å². The summed E-state index contributed by atoms with van der Waals surface area (Å²) in [6, 6.07) is 5.78. The Labute approximate surface area is 121 Å². The molecule has 4 nitrogen and oxygen atoms in total. The molecule has 2 rings (SSSR count). The third-order valence-electron chi connectivity index (χ3n) is 3.06. The highest BCUT2D eigenvalue weighted by molar-refractivity contribution is 5.94. The Morgan fingerprint density at radius 1 is 1.33 bits per heavy atom. The summed E-state index contributed by atoms with van der Waals surface area (Å²) >= 11 is 0. The normalized spacial score (nSPS) is 12.0. The van der Waals surface area contributed by atoms with Gasteiger partial charge in [-0.05, 0) is 25.1 Å². The van der Waals surface area contributed by atoms with Gasteiger partial charge in [0.1, 0.15) is 11.6 Å². The highest BCUT2D eigenvalue weighted by Crippen LogP contribution is 2.18. The average molecular weight is 291 g/mol. The van der Waals surface area contributed by atoms with Crippen molar-refractivity contribution in [2.24, 2.45) is 5.73 Å². The van der Waals surface area contributed by atoms with Crippen LogP contribution in [0.5, 0.6) is 0 Å². The van der Waals surface area contributed by atoms with Crippen LogP contribution in [0.15, 0.2) is 36.5 Å². The topological polar surface area (TPSA) is 68.0 Å². The fourth-order valence-electron chi connectivity index (χ4n) is 1.94. The van der Waals surface area contributed by atoms with Gasteiger partial charge >= 0.3 is 0 Å². The molecule has 2 aromatic rings. The summed E-state index contributed by atoms with van der Waals surface area (Å²) < 4.78 is 26.5. The molecule has 21 heavy (non-hydrogen) atoms. The lowest BCUT2D eigenvalue weighted by molar-refractivity contribution is 0.0939. The van der Waals surface area contributed by atoms with E-state index in [9.17, 15) is 13.6 Å². The number of amides is 1. The summed E-state index contributed by atoms with van der Waals surface area (Å²) in [5.74, 6) is -1.72. The van der Waals surface area contributed by atoms with E-state index >= 15 is 0 Å². The average Bonchev–Trinajstić information content (AvgIpc) is 2.47. The minimum absolute atomic E-state index is 0.220. The maximum atomic E-state index is 13.7. The van der Waals surface area contributed by atoms with Crippen molar-refractivity contribution in [2.45, 2.75) is 19.5 Å². The molecule has 6 heteroatoms. The number of nitrogens with one attached hydrogen (secondary N) is 1. The van der Waals surface area contributed by atoms with Crippen LogP contribution in [0.3, 0.4) is 0 Å². The van der Waals surface area contributed by atoms with E-state index in [1.165, 1.54) is 12.3 Å². The number of rotatable bonds is 4. The number of nitrogens with two attached hydrogens (primary N) is 1. The van der Waals surface area contributed by atoms with Gasteiger partial charge in [-0.1, -0.05) is 6.07 Å². The third-order valence-corrected chi connectivity index (χ3v) is 3.06. The van der Waals surface area contributed by atoms with Crippen molar-refractivity contribution in [2.75, 3.05) is 0 Å². The molecule has 0 saturated carbocycles. The predicted octanol–water partition coefficient (Wildman–Crippen LogP) is 2.31. The molecule has 1 unspecified atom stereocenters. The molecule has 1 aromatic heterocycles. The Balaban J connectivity index is 2.14. The lowest BCUT2D eigenvalue weighted by Crippen LogP contribution is -2.27. The number of carbonyl (C=O) groups excluding carboxylic acids is 1. The molecule has 1 amide bonds. The van der Waals surface area contributed by atoms with Crippen LogP contribution >= 0.6 is 0 Å². The SMILES string of the molecule is CC(NC(=O)c1ccnc(CN)c1)c1ccc(F)cc1F. The molecule has 110 valence electrons. The minimum Gasteiger partial charge on any atom is -0.345 e. The van der Waals surface area contributed by atoms with Crippen molar-refractivity contribution in [1.29, 1.82) is 0 Å². The fraction of sp³-hybridized carbons (Fsp3) is 0.200. The van der Waals surface area contributed by atoms with E-state index in [1.807, 2.05) is 0 Å². The fourth-order valence-corrected chi connectivity index (χ4v) is 1.94. The number of hydrogen-bond acceptors (Lipinski definition) is 3. The molecule has 0 fully saturated rings. The van der Waals surface area contributed by atoms with Crippen LogP contribution < -0.4 is 11.1 Å². The van der Waals surface area contributed by atoms with Gasteiger partial charge in [-0.15, -0.1) is 0 Å².